The van der Waals surface area contributed by atoms with Gasteiger partial charge in [-0.1, -0.05) is 60.7 Å². The molecule has 3 aromatic carbocycles. The second kappa shape index (κ2) is 8.31. The highest BCUT2D eigenvalue weighted by atomic mass is 16.2. The van der Waals surface area contributed by atoms with Crippen LogP contribution in [-0.4, -0.2) is 18.4 Å². The number of aryl methyl sites for hydroxylation is 1. The number of hydrogen-bond donors (Lipinski definition) is 1. The van der Waals surface area contributed by atoms with Gasteiger partial charge in [0.15, 0.2) is 0 Å². The molecule has 0 spiro atoms. The molecule has 0 aliphatic carbocycles. The number of anilines is 2. The van der Waals surface area contributed by atoms with Crippen LogP contribution in [0.15, 0.2) is 78.9 Å². The lowest BCUT2D eigenvalue weighted by Gasteiger charge is -2.21. The van der Waals surface area contributed by atoms with Crippen LogP contribution in [0.25, 0.3) is 0 Å². The fourth-order valence-electron chi connectivity index (χ4n) is 3.94. The molecule has 0 aromatic heterocycles. The second-order valence-electron chi connectivity index (χ2n) is 7.39. The molecule has 29 heavy (non-hydrogen) atoms. The Morgan fingerprint density at radius 3 is 2.07 bits per heavy atom. The number of nitrogens with one attached hydrogen (secondary N) is 1. The van der Waals surface area contributed by atoms with E-state index >= 15 is 0 Å². The van der Waals surface area contributed by atoms with Crippen molar-refractivity contribution in [3.8, 4) is 0 Å². The molecule has 1 saturated heterocycles. The Kier molecular flexibility index (Phi) is 5.43. The minimum absolute atomic E-state index is 0.0770. The molecule has 0 radical (unpaired) electrons. The van der Waals surface area contributed by atoms with Crippen molar-refractivity contribution >= 4 is 23.2 Å². The molecule has 1 N–H and O–H groups in total. The first kappa shape index (κ1) is 18.9. The van der Waals surface area contributed by atoms with E-state index in [1.54, 1.807) is 0 Å². The quantitative estimate of drug-likeness (QED) is 0.681. The summed E-state index contributed by atoms with van der Waals surface area (Å²) in [5.74, 6) is -0.303. The van der Waals surface area contributed by atoms with Crippen molar-refractivity contribution < 1.29 is 9.59 Å². The molecular weight excluding hydrogens is 360 g/mol. The van der Waals surface area contributed by atoms with Gasteiger partial charge in [-0.05, 0) is 48.2 Å². The monoisotopic (exact) mass is 384 g/mol. The van der Waals surface area contributed by atoms with Gasteiger partial charge in [-0.25, -0.2) is 0 Å². The molecule has 4 heteroatoms. The predicted octanol–water partition coefficient (Wildman–Crippen LogP) is 4.89. The first-order valence-corrected chi connectivity index (χ1v) is 9.95. The van der Waals surface area contributed by atoms with Gasteiger partial charge in [0.1, 0.15) is 0 Å². The summed E-state index contributed by atoms with van der Waals surface area (Å²) in [4.78, 5) is 27.1. The molecule has 0 atom stereocenters. The lowest BCUT2D eigenvalue weighted by Crippen LogP contribution is -2.25. The number of amides is 2. The minimum atomic E-state index is -0.391. The summed E-state index contributed by atoms with van der Waals surface area (Å²) in [6.45, 7) is 2.73. The van der Waals surface area contributed by atoms with Crippen LogP contribution in [0.1, 0.15) is 35.4 Å². The Hall–Kier alpha value is -3.40. The van der Waals surface area contributed by atoms with Crippen molar-refractivity contribution in [1.29, 1.82) is 0 Å². The SMILES string of the molecule is Cc1cc(NC(=O)C(c2ccccc2)c2ccccc2)ccc1N1CCCC1=O. The van der Waals surface area contributed by atoms with Gasteiger partial charge in [0, 0.05) is 24.3 Å². The molecule has 3 aromatic rings. The zero-order valence-corrected chi connectivity index (χ0v) is 16.5. The maximum Gasteiger partial charge on any atom is 0.236 e. The average molecular weight is 384 g/mol. The van der Waals surface area contributed by atoms with E-state index in [1.807, 2.05) is 90.7 Å². The van der Waals surface area contributed by atoms with E-state index in [0.29, 0.717) is 6.42 Å². The van der Waals surface area contributed by atoms with E-state index in [0.717, 1.165) is 41.0 Å². The maximum atomic E-state index is 13.2. The highest BCUT2D eigenvalue weighted by Gasteiger charge is 2.25. The number of benzene rings is 3. The summed E-state index contributed by atoms with van der Waals surface area (Å²) in [6.07, 6.45) is 1.50. The van der Waals surface area contributed by atoms with Crippen molar-refractivity contribution in [3.63, 3.8) is 0 Å². The first-order chi connectivity index (χ1) is 14.1. The van der Waals surface area contributed by atoms with E-state index in [-0.39, 0.29) is 11.8 Å². The van der Waals surface area contributed by atoms with Crippen molar-refractivity contribution in [3.05, 3.63) is 95.6 Å². The van der Waals surface area contributed by atoms with Gasteiger partial charge >= 0.3 is 0 Å². The van der Waals surface area contributed by atoms with Crippen LogP contribution in [0, 0.1) is 6.92 Å². The second-order valence-corrected chi connectivity index (χ2v) is 7.39. The Balaban J connectivity index is 1.59. The van der Waals surface area contributed by atoms with Crippen LogP contribution >= 0.6 is 0 Å². The Bertz CT molecular complexity index is 976. The first-order valence-electron chi connectivity index (χ1n) is 9.95. The lowest BCUT2D eigenvalue weighted by atomic mass is 9.90. The van der Waals surface area contributed by atoms with Crippen LogP contribution in [-0.2, 0) is 9.59 Å². The molecule has 146 valence electrons. The van der Waals surface area contributed by atoms with E-state index in [4.69, 9.17) is 0 Å². The number of carbonyl (C=O) groups excluding carboxylic acids is 2. The van der Waals surface area contributed by atoms with Crippen molar-refractivity contribution in [2.75, 3.05) is 16.8 Å². The van der Waals surface area contributed by atoms with E-state index in [1.165, 1.54) is 0 Å². The fraction of sp³-hybridized carbons (Fsp3) is 0.200. The summed E-state index contributed by atoms with van der Waals surface area (Å²) in [5, 5.41) is 3.07. The summed E-state index contributed by atoms with van der Waals surface area (Å²) in [6, 6.07) is 25.3. The lowest BCUT2D eigenvalue weighted by molar-refractivity contribution is -0.117. The molecule has 0 bridgehead atoms. The zero-order chi connectivity index (χ0) is 20.2. The normalized spacial score (nSPS) is 13.7. The topological polar surface area (TPSA) is 49.4 Å². The Morgan fingerprint density at radius 2 is 1.55 bits per heavy atom. The summed E-state index contributed by atoms with van der Waals surface area (Å²) < 4.78 is 0. The van der Waals surface area contributed by atoms with Crippen LogP contribution in [0.5, 0.6) is 0 Å². The summed E-state index contributed by atoms with van der Waals surface area (Å²) in [7, 11) is 0. The third kappa shape index (κ3) is 4.06. The molecule has 0 saturated carbocycles. The summed E-state index contributed by atoms with van der Waals surface area (Å²) >= 11 is 0. The number of rotatable bonds is 5. The minimum Gasteiger partial charge on any atom is -0.325 e. The number of hydrogen-bond acceptors (Lipinski definition) is 2. The average Bonchev–Trinajstić information content (AvgIpc) is 3.15. The molecule has 4 rings (SSSR count). The van der Waals surface area contributed by atoms with Gasteiger partial charge in [-0.2, -0.15) is 0 Å². The molecule has 1 aliphatic rings. The van der Waals surface area contributed by atoms with Crippen molar-refractivity contribution in [2.24, 2.45) is 0 Å². The number of nitrogens with zero attached hydrogens (tertiary/aromatic N) is 1. The van der Waals surface area contributed by atoms with E-state index in [9.17, 15) is 9.59 Å². The van der Waals surface area contributed by atoms with Crippen LogP contribution < -0.4 is 10.2 Å². The largest absolute Gasteiger partial charge is 0.325 e. The van der Waals surface area contributed by atoms with Gasteiger partial charge in [-0.15, -0.1) is 0 Å². The predicted molar refractivity (Wildman–Crippen MR) is 116 cm³/mol. The molecule has 1 fully saturated rings. The van der Waals surface area contributed by atoms with Crippen LogP contribution in [0.2, 0.25) is 0 Å². The zero-order valence-electron chi connectivity index (χ0n) is 16.5. The van der Waals surface area contributed by atoms with Gasteiger partial charge in [0.05, 0.1) is 5.92 Å². The molecule has 1 aliphatic heterocycles. The summed E-state index contributed by atoms with van der Waals surface area (Å²) in [5.41, 5.74) is 4.54. The van der Waals surface area contributed by atoms with Gasteiger partial charge in [0.2, 0.25) is 11.8 Å². The van der Waals surface area contributed by atoms with Gasteiger partial charge in [0.25, 0.3) is 0 Å². The van der Waals surface area contributed by atoms with E-state index in [2.05, 4.69) is 5.32 Å². The standard InChI is InChI=1S/C25H24N2O2/c1-18-17-21(14-15-22(18)27-16-8-13-23(27)28)26-25(29)24(19-9-4-2-5-10-19)20-11-6-3-7-12-20/h2-7,9-12,14-15,17,24H,8,13,16H2,1H3,(H,26,29). The Morgan fingerprint density at radius 1 is 0.931 bits per heavy atom. The third-order valence-electron chi connectivity index (χ3n) is 5.36. The van der Waals surface area contributed by atoms with E-state index < -0.39 is 5.92 Å². The van der Waals surface area contributed by atoms with Gasteiger partial charge < -0.3 is 10.2 Å². The molecule has 2 amide bonds. The third-order valence-corrected chi connectivity index (χ3v) is 5.36. The van der Waals surface area contributed by atoms with Gasteiger partial charge in [-0.3, -0.25) is 9.59 Å². The van der Waals surface area contributed by atoms with Crippen molar-refractivity contribution in [1.82, 2.24) is 0 Å². The number of carbonyl (C=O) groups is 2. The fourth-order valence-corrected chi connectivity index (χ4v) is 3.94. The van der Waals surface area contributed by atoms with Crippen LogP contribution in [0.4, 0.5) is 11.4 Å². The smallest absolute Gasteiger partial charge is 0.236 e. The van der Waals surface area contributed by atoms with Crippen LogP contribution in [0.3, 0.4) is 0 Å². The highest BCUT2D eigenvalue weighted by Crippen LogP contribution is 2.30. The highest BCUT2D eigenvalue weighted by molar-refractivity contribution is 5.99. The molecule has 0 unspecified atom stereocenters. The molecule has 4 nitrogen and oxygen atoms in total. The maximum absolute atomic E-state index is 13.2. The Labute approximate surface area is 171 Å². The molecular formula is C25H24N2O2. The molecule has 1 heterocycles. The van der Waals surface area contributed by atoms with Crippen molar-refractivity contribution in [2.45, 2.75) is 25.7 Å².